The molecule has 0 radical (unpaired) electrons. The average molecular weight is 486 g/mol. The van der Waals surface area contributed by atoms with Gasteiger partial charge in [-0.25, -0.2) is 4.98 Å². The Morgan fingerprint density at radius 1 is 1.08 bits per heavy atom. The first kappa shape index (κ1) is 24.3. The van der Waals surface area contributed by atoms with E-state index in [1.54, 1.807) is 0 Å². The summed E-state index contributed by atoms with van der Waals surface area (Å²) in [5.41, 5.74) is 9.93. The van der Waals surface area contributed by atoms with Crippen LogP contribution in [0.25, 0.3) is 22.3 Å². The standard InChI is InChI=1S/C29H35N5O2/c1-17(2)21-9-7-18(3)25(15-21)34-12-11-23-22(16-34)29(36-14-6-13-35)31-28(30-23)26-19(4)8-10-24-27(26)20(5)32-33-24/h7-10,15,17,35H,6,11-14,16H2,1-5H3,(H,32,33). The first-order valence-corrected chi connectivity index (χ1v) is 12.8. The highest BCUT2D eigenvalue weighted by atomic mass is 16.5. The molecule has 4 aromatic rings. The largest absolute Gasteiger partial charge is 0.477 e. The number of aliphatic hydroxyl groups is 1. The SMILES string of the molecule is Cc1ccc(C(C)C)cc1N1CCc2nc(-c3c(C)ccc4[nH]nc(C)c34)nc(OCCCO)c2C1. The Balaban J connectivity index is 1.59. The van der Waals surface area contributed by atoms with Gasteiger partial charge in [-0.15, -0.1) is 0 Å². The third-order valence-electron chi connectivity index (χ3n) is 7.15. The lowest BCUT2D eigenvalue weighted by molar-refractivity contribution is 0.227. The molecule has 0 amide bonds. The maximum atomic E-state index is 9.34. The van der Waals surface area contributed by atoms with Crippen molar-refractivity contribution in [2.45, 2.75) is 59.9 Å². The fourth-order valence-corrected chi connectivity index (χ4v) is 5.04. The Hall–Kier alpha value is -3.45. The van der Waals surface area contributed by atoms with E-state index in [4.69, 9.17) is 14.7 Å². The van der Waals surface area contributed by atoms with Crippen LogP contribution in [0, 0.1) is 20.8 Å². The number of nitrogens with one attached hydrogen (secondary N) is 1. The number of aliphatic hydroxyl groups excluding tert-OH is 1. The number of hydrogen-bond acceptors (Lipinski definition) is 6. The van der Waals surface area contributed by atoms with E-state index in [1.807, 2.05) is 6.92 Å². The minimum absolute atomic E-state index is 0.0834. The van der Waals surface area contributed by atoms with Crippen LogP contribution in [0.4, 0.5) is 5.69 Å². The smallest absolute Gasteiger partial charge is 0.222 e. The summed E-state index contributed by atoms with van der Waals surface area (Å²) >= 11 is 0. The first-order chi connectivity index (χ1) is 17.4. The Morgan fingerprint density at radius 2 is 1.89 bits per heavy atom. The molecule has 0 saturated heterocycles. The van der Waals surface area contributed by atoms with Gasteiger partial charge in [0.05, 0.1) is 35.6 Å². The van der Waals surface area contributed by atoms with Crippen molar-refractivity contribution in [3.63, 3.8) is 0 Å². The molecule has 2 N–H and O–H groups in total. The minimum Gasteiger partial charge on any atom is -0.477 e. The molecule has 7 heteroatoms. The van der Waals surface area contributed by atoms with Crippen LogP contribution in [0.2, 0.25) is 0 Å². The van der Waals surface area contributed by atoms with Crippen LogP contribution in [-0.2, 0) is 13.0 Å². The van der Waals surface area contributed by atoms with Crippen molar-refractivity contribution in [1.29, 1.82) is 0 Å². The minimum atomic E-state index is 0.0834. The lowest BCUT2D eigenvalue weighted by Crippen LogP contribution is -2.32. The lowest BCUT2D eigenvalue weighted by atomic mass is 9.98. The lowest BCUT2D eigenvalue weighted by Gasteiger charge is -2.32. The van der Waals surface area contributed by atoms with E-state index >= 15 is 0 Å². The van der Waals surface area contributed by atoms with Gasteiger partial charge in [0, 0.05) is 42.6 Å². The number of ether oxygens (including phenoxy) is 1. The quantitative estimate of drug-likeness (QED) is 0.341. The molecule has 0 atom stereocenters. The summed E-state index contributed by atoms with van der Waals surface area (Å²) in [5, 5.41) is 17.9. The fraction of sp³-hybridized carbons (Fsp3) is 0.414. The summed E-state index contributed by atoms with van der Waals surface area (Å²) in [4.78, 5) is 12.5. The molecule has 5 rings (SSSR count). The van der Waals surface area contributed by atoms with Crippen molar-refractivity contribution < 1.29 is 9.84 Å². The number of aromatic nitrogens is 4. The number of benzene rings is 2. The summed E-state index contributed by atoms with van der Waals surface area (Å²) in [5.74, 6) is 1.76. The molecule has 0 aliphatic carbocycles. The maximum absolute atomic E-state index is 9.34. The van der Waals surface area contributed by atoms with Crippen molar-refractivity contribution in [2.24, 2.45) is 0 Å². The molecule has 0 spiro atoms. The molecule has 0 bridgehead atoms. The van der Waals surface area contributed by atoms with E-state index in [0.29, 0.717) is 37.2 Å². The highest BCUT2D eigenvalue weighted by Gasteiger charge is 2.26. The molecule has 0 fully saturated rings. The van der Waals surface area contributed by atoms with Crippen LogP contribution < -0.4 is 9.64 Å². The molecule has 3 heterocycles. The van der Waals surface area contributed by atoms with Crippen molar-refractivity contribution >= 4 is 16.6 Å². The van der Waals surface area contributed by atoms with Gasteiger partial charge in [0.15, 0.2) is 5.82 Å². The summed E-state index contributed by atoms with van der Waals surface area (Å²) < 4.78 is 6.19. The summed E-state index contributed by atoms with van der Waals surface area (Å²) in [6, 6.07) is 10.9. The molecular formula is C29H35N5O2. The van der Waals surface area contributed by atoms with Crippen molar-refractivity contribution in [2.75, 3.05) is 24.7 Å². The van der Waals surface area contributed by atoms with Crippen LogP contribution in [0.3, 0.4) is 0 Å². The topological polar surface area (TPSA) is 87.2 Å². The number of fused-ring (bicyclic) bond motifs is 2. The van der Waals surface area contributed by atoms with Crippen molar-refractivity contribution in [3.8, 4) is 17.3 Å². The third-order valence-corrected chi connectivity index (χ3v) is 7.15. The van der Waals surface area contributed by atoms with Gasteiger partial charge in [-0.3, -0.25) is 5.10 Å². The number of nitrogens with zero attached hydrogens (tertiary/aromatic N) is 4. The third kappa shape index (κ3) is 4.44. The molecule has 2 aromatic carbocycles. The second kappa shape index (κ2) is 9.90. The van der Waals surface area contributed by atoms with E-state index in [9.17, 15) is 5.11 Å². The van der Waals surface area contributed by atoms with Crippen LogP contribution >= 0.6 is 0 Å². The molecule has 188 valence electrons. The zero-order chi connectivity index (χ0) is 25.4. The highest BCUT2D eigenvalue weighted by Crippen LogP contribution is 2.36. The molecule has 0 saturated carbocycles. The Labute approximate surface area is 212 Å². The zero-order valence-corrected chi connectivity index (χ0v) is 21.9. The van der Waals surface area contributed by atoms with Gasteiger partial charge in [0.25, 0.3) is 0 Å². The van der Waals surface area contributed by atoms with Crippen LogP contribution in [0.1, 0.15) is 59.8 Å². The molecule has 1 aliphatic rings. The predicted molar refractivity (Wildman–Crippen MR) is 144 cm³/mol. The molecule has 1 aliphatic heterocycles. The van der Waals surface area contributed by atoms with E-state index in [1.165, 1.54) is 16.8 Å². The normalized spacial score (nSPS) is 13.5. The summed E-state index contributed by atoms with van der Waals surface area (Å²) in [7, 11) is 0. The second-order valence-corrected chi connectivity index (χ2v) is 10.1. The van der Waals surface area contributed by atoms with Gasteiger partial charge in [0.1, 0.15) is 0 Å². The monoisotopic (exact) mass is 485 g/mol. The number of aryl methyl sites for hydroxylation is 3. The fourth-order valence-electron chi connectivity index (χ4n) is 5.04. The molecule has 7 nitrogen and oxygen atoms in total. The predicted octanol–water partition coefficient (Wildman–Crippen LogP) is 5.39. The molecule has 36 heavy (non-hydrogen) atoms. The van der Waals surface area contributed by atoms with Gasteiger partial charge in [0.2, 0.25) is 5.88 Å². The maximum Gasteiger partial charge on any atom is 0.222 e. The first-order valence-electron chi connectivity index (χ1n) is 12.8. The van der Waals surface area contributed by atoms with Gasteiger partial charge in [-0.2, -0.15) is 10.1 Å². The van der Waals surface area contributed by atoms with E-state index in [0.717, 1.165) is 51.9 Å². The molecule has 0 unspecified atom stereocenters. The van der Waals surface area contributed by atoms with E-state index < -0.39 is 0 Å². The van der Waals surface area contributed by atoms with Gasteiger partial charge < -0.3 is 14.7 Å². The summed E-state index contributed by atoms with van der Waals surface area (Å²) in [6.07, 6.45) is 1.37. The van der Waals surface area contributed by atoms with E-state index in [2.05, 4.69) is 73.1 Å². The Bertz CT molecular complexity index is 1410. The zero-order valence-electron chi connectivity index (χ0n) is 21.9. The highest BCUT2D eigenvalue weighted by molar-refractivity contribution is 5.96. The Morgan fingerprint density at radius 3 is 2.67 bits per heavy atom. The van der Waals surface area contributed by atoms with E-state index in [-0.39, 0.29) is 6.61 Å². The number of anilines is 1. The summed E-state index contributed by atoms with van der Waals surface area (Å²) in [6.45, 7) is 12.8. The van der Waals surface area contributed by atoms with Crippen molar-refractivity contribution in [3.05, 3.63) is 64.0 Å². The molecular weight excluding hydrogens is 450 g/mol. The average Bonchev–Trinajstić information content (AvgIpc) is 3.24. The van der Waals surface area contributed by atoms with Crippen LogP contribution in [-0.4, -0.2) is 45.0 Å². The Kier molecular flexibility index (Phi) is 6.67. The second-order valence-electron chi connectivity index (χ2n) is 10.1. The van der Waals surface area contributed by atoms with Crippen LogP contribution in [0.15, 0.2) is 30.3 Å². The van der Waals surface area contributed by atoms with Gasteiger partial charge in [-0.1, -0.05) is 32.0 Å². The number of H-pyrrole nitrogens is 1. The van der Waals surface area contributed by atoms with Crippen LogP contribution in [0.5, 0.6) is 5.88 Å². The van der Waals surface area contributed by atoms with Gasteiger partial charge >= 0.3 is 0 Å². The van der Waals surface area contributed by atoms with Crippen molar-refractivity contribution in [1.82, 2.24) is 20.2 Å². The number of rotatable bonds is 7. The molecule has 2 aromatic heterocycles. The number of aromatic amines is 1. The van der Waals surface area contributed by atoms with Gasteiger partial charge in [-0.05, 0) is 55.5 Å². The number of hydrogen-bond donors (Lipinski definition) is 2.